The van der Waals surface area contributed by atoms with Crippen molar-refractivity contribution in [3.8, 4) is 11.4 Å². The van der Waals surface area contributed by atoms with Crippen LogP contribution in [0.3, 0.4) is 0 Å². The summed E-state index contributed by atoms with van der Waals surface area (Å²) in [5.41, 5.74) is 2.89. The highest BCUT2D eigenvalue weighted by Crippen LogP contribution is 2.25. The summed E-state index contributed by atoms with van der Waals surface area (Å²) in [5, 5.41) is 12.9. The molecule has 7 heteroatoms. The number of halogens is 1. The standard InChI is InChI=1S/C20H21ClN4OS/c1-3-10-25-19(15-7-4-6-14(2)11-15)23-24-20(25)27-13-18(26)22-17-9-5-8-16(21)12-17/h4-9,11-12H,3,10,13H2,1-2H3,(H,22,26). The molecule has 0 spiro atoms. The molecule has 0 saturated carbocycles. The van der Waals surface area contributed by atoms with Crippen LogP contribution in [-0.2, 0) is 11.3 Å². The number of amides is 1. The largest absolute Gasteiger partial charge is 0.325 e. The highest BCUT2D eigenvalue weighted by atomic mass is 35.5. The molecule has 27 heavy (non-hydrogen) atoms. The molecule has 1 amide bonds. The Morgan fingerprint density at radius 3 is 2.74 bits per heavy atom. The molecule has 0 atom stereocenters. The van der Waals surface area contributed by atoms with Gasteiger partial charge >= 0.3 is 0 Å². The van der Waals surface area contributed by atoms with Gasteiger partial charge in [-0.15, -0.1) is 10.2 Å². The van der Waals surface area contributed by atoms with Gasteiger partial charge in [0.25, 0.3) is 0 Å². The Morgan fingerprint density at radius 1 is 1.19 bits per heavy atom. The third kappa shape index (κ3) is 5.11. The van der Waals surface area contributed by atoms with Crippen LogP contribution in [0.4, 0.5) is 5.69 Å². The average Bonchev–Trinajstić information content (AvgIpc) is 3.03. The van der Waals surface area contributed by atoms with E-state index in [2.05, 4.69) is 46.1 Å². The van der Waals surface area contributed by atoms with Crippen LogP contribution >= 0.6 is 23.4 Å². The van der Waals surface area contributed by atoms with Gasteiger partial charge in [0, 0.05) is 22.8 Å². The average molecular weight is 401 g/mol. The van der Waals surface area contributed by atoms with Gasteiger partial charge in [0.05, 0.1) is 5.75 Å². The predicted molar refractivity (Wildman–Crippen MR) is 111 cm³/mol. The zero-order chi connectivity index (χ0) is 19.2. The van der Waals surface area contributed by atoms with Crippen LogP contribution in [0, 0.1) is 6.92 Å². The Balaban J connectivity index is 1.72. The molecule has 0 aliphatic carbocycles. The number of nitrogens with one attached hydrogen (secondary N) is 1. The van der Waals surface area contributed by atoms with Gasteiger partial charge in [-0.1, -0.05) is 60.1 Å². The predicted octanol–water partition coefficient (Wildman–Crippen LogP) is 5.05. The van der Waals surface area contributed by atoms with Gasteiger partial charge in [-0.25, -0.2) is 0 Å². The van der Waals surface area contributed by atoms with Crippen molar-refractivity contribution in [3.05, 3.63) is 59.1 Å². The lowest BCUT2D eigenvalue weighted by molar-refractivity contribution is -0.113. The number of carbonyl (C=O) groups excluding carboxylic acids is 1. The number of anilines is 1. The highest BCUT2D eigenvalue weighted by molar-refractivity contribution is 7.99. The van der Waals surface area contributed by atoms with Crippen molar-refractivity contribution in [3.63, 3.8) is 0 Å². The molecule has 2 aromatic carbocycles. The second-order valence-corrected chi connectivity index (χ2v) is 7.55. The number of carbonyl (C=O) groups is 1. The maximum absolute atomic E-state index is 12.3. The number of rotatable bonds is 7. The molecule has 1 aromatic heterocycles. The fraction of sp³-hybridized carbons (Fsp3) is 0.250. The summed E-state index contributed by atoms with van der Waals surface area (Å²) in [6.45, 7) is 4.97. The van der Waals surface area contributed by atoms with E-state index < -0.39 is 0 Å². The number of hydrogen-bond acceptors (Lipinski definition) is 4. The summed E-state index contributed by atoms with van der Waals surface area (Å²) in [5.74, 6) is 0.978. The van der Waals surface area contributed by atoms with Gasteiger partial charge in [-0.05, 0) is 37.6 Å². The van der Waals surface area contributed by atoms with Crippen LogP contribution in [0.15, 0.2) is 53.7 Å². The van der Waals surface area contributed by atoms with Crippen LogP contribution in [0.25, 0.3) is 11.4 Å². The Morgan fingerprint density at radius 2 is 2.00 bits per heavy atom. The van der Waals surface area contributed by atoms with E-state index in [0.29, 0.717) is 10.7 Å². The zero-order valence-electron chi connectivity index (χ0n) is 15.3. The normalized spacial score (nSPS) is 10.8. The first-order chi connectivity index (χ1) is 13.1. The second-order valence-electron chi connectivity index (χ2n) is 6.17. The van der Waals surface area contributed by atoms with Gasteiger partial charge in [-0.3, -0.25) is 4.79 Å². The maximum atomic E-state index is 12.3. The van der Waals surface area contributed by atoms with Crippen molar-refractivity contribution in [2.45, 2.75) is 32.0 Å². The third-order valence-electron chi connectivity index (χ3n) is 3.88. The second kappa shape index (κ2) is 9.06. The molecule has 0 radical (unpaired) electrons. The lowest BCUT2D eigenvalue weighted by Gasteiger charge is -2.09. The van der Waals surface area contributed by atoms with E-state index >= 15 is 0 Å². The molecule has 0 aliphatic heterocycles. The van der Waals surface area contributed by atoms with Crippen LogP contribution < -0.4 is 5.32 Å². The molecule has 140 valence electrons. The van der Waals surface area contributed by atoms with Gasteiger partial charge in [0.1, 0.15) is 0 Å². The van der Waals surface area contributed by atoms with Gasteiger partial charge < -0.3 is 9.88 Å². The molecule has 0 bridgehead atoms. The Labute approximate surface area is 168 Å². The number of aromatic nitrogens is 3. The molecule has 0 aliphatic rings. The zero-order valence-corrected chi connectivity index (χ0v) is 16.8. The summed E-state index contributed by atoms with van der Waals surface area (Å²) in [6.07, 6.45) is 0.957. The van der Waals surface area contributed by atoms with E-state index in [-0.39, 0.29) is 11.7 Å². The first-order valence-electron chi connectivity index (χ1n) is 8.75. The van der Waals surface area contributed by atoms with Crippen LogP contribution in [0.1, 0.15) is 18.9 Å². The molecule has 0 unspecified atom stereocenters. The van der Waals surface area contributed by atoms with Crippen molar-refractivity contribution in [2.75, 3.05) is 11.1 Å². The van der Waals surface area contributed by atoms with Crippen LogP contribution in [0.5, 0.6) is 0 Å². The Bertz CT molecular complexity index is 941. The van der Waals surface area contributed by atoms with Crippen molar-refractivity contribution >= 4 is 35.0 Å². The SMILES string of the molecule is CCCn1c(SCC(=O)Nc2cccc(Cl)c2)nnc1-c1cccc(C)c1. The first kappa shape index (κ1) is 19.5. The fourth-order valence-electron chi connectivity index (χ4n) is 2.71. The smallest absolute Gasteiger partial charge is 0.234 e. The summed E-state index contributed by atoms with van der Waals surface area (Å²) in [6, 6.07) is 15.3. The Kier molecular flexibility index (Phi) is 6.53. The molecule has 3 rings (SSSR count). The van der Waals surface area contributed by atoms with Crippen molar-refractivity contribution < 1.29 is 4.79 Å². The molecule has 0 saturated heterocycles. The lowest BCUT2D eigenvalue weighted by atomic mass is 10.1. The summed E-state index contributed by atoms with van der Waals surface area (Å²) < 4.78 is 2.08. The summed E-state index contributed by atoms with van der Waals surface area (Å²) in [4.78, 5) is 12.3. The monoisotopic (exact) mass is 400 g/mol. The van der Waals surface area contributed by atoms with Gasteiger partial charge in [0.2, 0.25) is 5.91 Å². The molecular weight excluding hydrogens is 380 g/mol. The molecule has 3 aromatic rings. The number of hydrogen-bond donors (Lipinski definition) is 1. The van der Waals surface area contributed by atoms with E-state index in [9.17, 15) is 4.79 Å². The molecule has 5 nitrogen and oxygen atoms in total. The van der Waals surface area contributed by atoms with Gasteiger partial charge in [0.15, 0.2) is 11.0 Å². The number of aryl methyl sites for hydroxylation is 1. The topological polar surface area (TPSA) is 59.8 Å². The lowest BCUT2D eigenvalue weighted by Crippen LogP contribution is -2.14. The summed E-state index contributed by atoms with van der Waals surface area (Å²) >= 11 is 7.33. The van der Waals surface area contributed by atoms with Crippen molar-refractivity contribution in [1.82, 2.24) is 14.8 Å². The number of nitrogens with zero attached hydrogens (tertiary/aromatic N) is 3. The van der Waals surface area contributed by atoms with Crippen LogP contribution in [0.2, 0.25) is 5.02 Å². The Hall–Kier alpha value is -2.31. The first-order valence-corrected chi connectivity index (χ1v) is 10.1. The number of thioether (sulfide) groups is 1. The minimum absolute atomic E-state index is 0.106. The third-order valence-corrected chi connectivity index (χ3v) is 5.08. The number of benzene rings is 2. The molecule has 1 heterocycles. The quantitative estimate of drug-likeness (QED) is 0.564. The maximum Gasteiger partial charge on any atom is 0.234 e. The molecular formula is C20H21ClN4OS. The highest BCUT2D eigenvalue weighted by Gasteiger charge is 2.15. The van der Waals surface area contributed by atoms with E-state index in [1.165, 1.54) is 17.3 Å². The minimum Gasteiger partial charge on any atom is -0.325 e. The fourth-order valence-corrected chi connectivity index (χ4v) is 3.67. The minimum atomic E-state index is -0.106. The van der Waals surface area contributed by atoms with Crippen molar-refractivity contribution in [1.29, 1.82) is 0 Å². The van der Waals surface area contributed by atoms with E-state index in [0.717, 1.165) is 29.5 Å². The van der Waals surface area contributed by atoms with Crippen molar-refractivity contribution in [2.24, 2.45) is 0 Å². The van der Waals surface area contributed by atoms with E-state index in [1.54, 1.807) is 18.2 Å². The van der Waals surface area contributed by atoms with Gasteiger partial charge in [-0.2, -0.15) is 0 Å². The molecule has 0 fully saturated rings. The molecule has 1 N–H and O–H groups in total. The van der Waals surface area contributed by atoms with E-state index in [1.807, 2.05) is 18.2 Å². The summed E-state index contributed by atoms with van der Waals surface area (Å²) in [7, 11) is 0. The van der Waals surface area contributed by atoms with Crippen LogP contribution in [-0.4, -0.2) is 26.4 Å². The van der Waals surface area contributed by atoms with E-state index in [4.69, 9.17) is 11.6 Å².